The summed E-state index contributed by atoms with van der Waals surface area (Å²) in [6, 6.07) is 0. The first kappa shape index (κ1) is 15.1. The Balaban J connectivity index is 1.80. The third kappa shape index (κ3) is 3.84. The van der Waals surface area contributed by atoms with Gasteiger partial charge in [-0.2, -0.15) is 0 Å². The Bertz CT molecular complexity index is 376. The molecule has 0 aromatic carbocycles. The Morgan fingerprint density at radius 2 is 1.40 bits per heavy atom. The molecule has 2 fully saturated rings. The molecule has 2 aliphatic carbocycles. The summed E-state index contributed by atoms with van der Waals surface area (Å²) in [6.07, 6.45) is 8.12. The van der Waals surface area contributed by atoms with E-state index >= 15 is 0 Å². The van der Waals surface area contributed by atoms with Gasteiger partial charge in [-0.15, -0.1) is 0 Å². The SMILES string of the molecule is C=C(C(=O)OC1CCCC1)C(C)C(=O)OC1CCCC1. The van der Waals surface area contributed by atoms with E-state index in [0.717, 1.165) is 51.4 Å². The maximum Gasteiger partial charge on any atom is 0.334 e. The fourth-order valence-electron chi connectivity index (χ4n) is 2.82. The van der Waals surface area contributed by atoms with E-state index in [1.807, 2.05) is 0 Å². The van der Waals surface area contributed by atoms with Crippen molar-refractivity contribution in [3.05, 3.63) is 12.2 Å². The van der Waals surface area contributed by atoms with Crippen LogP contribution in [0.5, 0.6) is 0 Å². The average Bonchev–Trinajstić information content (AvgIpc) is 3.10. The molecule has 0 aliphatic heterocycles. The molecule has 112 valence electrons. The Morgan fingerprint density at radius 3 is 1.90 bits per heavy atom. The minimum atomic E-state index is -0.621. The van der Waals surface area contributed by atoms with Crippen molar-refractivity contribution in [2.24, 2.45) is 5.92 Å². The van der Waals surface area contributed by atoms with Crippen LogP contribution in [0.3, 0.4) is 0 Å². The lowest BCUT2D eigenvalue weighted by molar-refractivity contribution is -0.155. The molecular formula is C16H24O4. The Labute approximate surface area is 120 Å². The van der Waals surface area contributed by atoms with Gasteiger partial charge in [-0.1, -0.05) is 6.58 Å². The molecular weight excluding hydrogens is 256 g/mol. The normalized spacial score (nSPS) is 21.6. The maximum atomic E-state index is 12.0. The van der Waals surface area contributed by atoms with E-state index in [0.29, 0.717) is 0 Å². The van der Waals surface area contributed by atoms with Crippen molar-refractivity contribution in [2.45, 2.75) is 70.5 Å². The van der Waals surface area contributed by atoms with E-state index < -0.39 is 11.9 Å². The molecule has 0 bridgehead atoms. The van der Waals surface area contributed by atoms with Crippen LogP contribution in [0.2, 0.25) is 0 Å². The van der Waals surface area contributed by atoms with Gasteiger partial charge in [0.1, 0.15) is 12.2 Å². The summed E-state index contributed by atoms with van der Waals surface area (Å²) >= 11 is 0. The predicted octanol–water partition coefficient (Wildman–Crippen LogP) is 3.15. The van der Waals surface area contributed by atoms with Gasteiger partial charge in [0.25, 0.3) is 0 Å². The van der Waals surface area contributed by atoms with Crippen LogP contribution in [-0.2, 0) is 19.1 Å². The van der Waals surface area contributed by atoms with E-state index in [2.05, 4.69) is 6.58 Å². The third-order valence-corrected chi connectivity index (χ3v) is 4.30. The third-order valence-electron chi connectivity index (χ3n) is 4.30. The second kappa shape index (κ2) is 6.91. The van der Waals surface area contributed by atoms with Crippen molar-refractivity contribution in [1.82, 2.24) is 0 Å². The van der Waals surface area contributed by atoms with Gasteiger partial charge in [-0.25, -0.2) is 4.79 Å². The zero-order chi connectivity index (χ0) is 14.5. The highest BCUT2D eigenvalue weighted by atomic mass is 16.6. The smallest absolute Gasteiger partial charge is 0.334 e. The fourth-order valence-corrected chi connectivity index (χ4v) is 2.82. The molecule has 0 aromatic rings. The maximum absolute atomic E-state index is 12.0. The minimum absolute atomic E-state index is 0.00250. The molecule has 0 amide bonds. The highest BCUT2D eigenvalue weighted by Crippen LogP contribution is 2.25. The number of carbonyl (C=O) groups is 2. The summed E-state index contributed by atoms with van der Waals surface area (Å²) in [5.41, 5.74) is 0.208. The lowest BCUT2D eigenvalue weighted by atomic mass is 10.0. The molecule has 2 aliphatic rings. The molecule has 1 unspecified atom stereocenters. The zero-order valence-electron chi connectivity index (χ0n) is 12.2. The Morgan fingerprint density at radius 1 is 0.950 bits per heavy atom. The first-order valence-corrected chi connectivity index (χ1v) is 7.68. The molecule has 2 saturated carbocycles. The number of ether oxygens (including phenoxy) is 2. The van der Waals surface area contributed by atoms with Crippen molar-refractivity contribution < 1.29 is 19.1 Å². The van der Waals surface area contributed by atoms with Gasteiger partial charge in [0.15, 0.2) is 0 Å². The van der Waals surface area contributed by atoms with Gasteiger partial charge in [-0.05, 0) is 58.3 Å². The van der Waals surface area contributed by atoms with E-state index in [4.69, 9.17) is 9.47 Å². The van der Waals surface area contributed by atoms with Crippen LogP contribution < -0.4 is 0 Å². The van der Waals surface area contributed by atoms with Crippen LogP contribution in [0.25, 0.3) is 0 Å². The van der Waals surface area contributed by atoms with E-state index in [1.54, 1.807) is 6.92 Å². The molecule has 0 aromatic heterocycles. The zero-order valence-corrected chi connectivity index (χ0v) is 12.2. The quantitative estimate of drug-likeness (QED) is 0.573. The first-order valence-electron chi connectivity index (χ1n) is 7.68. The van der Waals surface area contributed by atoms with Crippen molar-refractivity contribution in [3.63, 3.8) is 0 Å². The number of carbonyl (C=O) groups excluding carboxylic acids is 2. The Kier molecular flexibility index (Phi) is 5.21. The van der Waals surface area contributed by atoms with Gasteiger partial charge in [0.2, 0.25) is 0 Å². The molecule has 0 saturated heterocycles. The largest absolute Gasteiger partial charge is 0.462 e. The predicted molar refractivity (Wildman–Crippen MR) is 75.0 cm³/mol. The number of hydrogen-bond donors (Lipinski definition) is 0. The summed E-state index contributed by atoms with van der Waals surface area (Å²) in [7, 11) is 0. The molecule has 4 nitrogen and oxygen atoms in total. The number of esters is 2. The van der Waals surface area contributed by atoms with E-state index in [-0.39, 0.29) is 23.8 Å². The van der Waals surface area contributed by atoms with Gasteiger partial charge in [0, 0.05) is 5.57 Å². The lowest BCUT2D eigenvalue weighted by Gasteiger charge is -2.18. The standard InChI is InChI=1S/C16H24O4/c1-11(15(17)19-13-7-3-4-8-13)12(2)16(18)20-14-9-5-6-10-14/h12-14H,1,3-10H2,2H3. The van der Waals surface area contributed by atoms with Gasteiger partial charge >= 0.3 is 11.9 Å². The first-order chi connectivity index (χ1) is 9.58. The Hall–Kier alpha value is -1.32. The second-order valence-corrected chi connectivity index (χ2v) is 5.90. The number of rotatable bonds is 5. The van der Waals surface area contributed by atoms with Crippen LogP contribution >= 0.6 is 0 Å². The van der Waals surface area contributed by atoms with Crippen LogP contribution in [0, 0.1) is 5.92 Å². The average molecular weight is 280 g/mol. The summed E-state index contributed by atoms with van der Waals surface area (Å²) < 4.78 is 10.8. The highest BCUT2D eigenvalue weighted by molar-refractivity contribution is 5.94. The number of hydrogen-bond acceptors (Lipinski definition) is 4. The monoisotopic (exact) mass is 280 g/mol. The van der Waals surface area contributed by atoms with Crippen molar-refractivity contribution >= 4 is 11.9 Å². The van der Waals surface area contributed by atoms with Crippen LogP contribution in [0.4, 0.5) is 0 Å². The molecule has 1 atom stereocenters. The van der Waals surface area contributed by atoms with Crippen LogP contribution in [0.1, 0.15) is 58.3 Å². The molecule has 0 heterocycles. The minimum Gasteiger partial charge on any atom is -0.462 e. The summed E-state index contributed by atoms with van der Waals surface area (Å²) in [5, 5.41) is 0. The summed E-state index contributed by atoms with van der Waals surface area (Å²) in [6.45, 7) is 5.38. The van der Waals surface area contributed by atoms with Crippen LogP contribution in [-0.4, -0.2) is 24.1 Å². The molecule has 20 heavy (non-hydrogen) atoms. The topological polar surface area (TPSA) is 52.6 Å². The molecule has 0 radical (unpaired) electrons. The van der Waals surface area contributed by atoms with Crippen molar-refractivity contribution in [1.29, 1.82) is 0 Å². The molecule has 0 spiro atoms. The van der Waals surface area contributed by atoms with Crippen molar-refractivity contribution in [3.8, 4) is 0 Å². The fraction of sp³-hybridized carbons (Fsp3) is 0.750. The van der Waals surface area contributed by atoms with Crippen LogP contribution in [0.15, 0.2) is 12.2 Å². The van der Waals surface area contributed by atoms with E-state index in [1.165, 1.54) is 0 Å². The summed E-state index contributed by atoms with van der Waals surface area (Å²) in [4.78, 5) is 23.9. The van der Waals surface area contributed by atoms with Gasteiger partial charge in [0.05, 0.1) is 5.92 Å². The van der Waals surface area contributed by atoms with Crippen molar-refractivity contribution in [2.75, 3.05) is 0 Å². The summed E-state index contributed by atoms with van der Waals surface area (Å²) in [5.74, 6) is -1.43. The van der Waals surface area contributed by atoms with Gasteiger partial charge in [-0.3, -0.25) is 4.79 Å². The second-order valence-electron chi connectivity index (χ2n) is 5.90. The lowest BCUT2D eigenvalue weighted by Crippen LogP contribution is -2.27. The van der Waals surface area contributed by atoms with E-state index in [9.17, 15) is 9.59 Å². The molecule has 0 N–H and O–H groups in total. The molecule has 2 rings (SSSR count). The molecule has 4 heteroatoms. The highest BCUT2D eigenvalue weighted by Gasteiger charge is 2.29. The van der Waals surface area contributed by atoms with Gasteiger partial charge < -0.3 is 9.47 Å².